The largest absolute Gasteiger partial charge is 0.496 e. The van der Waals surface area contributed by atoms with Crippen LogP contribution in [0.5, 0.6) is 11.5 Å². The second-order valence-electron chi connectivity index (χ2n) is 5.50. The van der Waals surface area contributed by atoms with Gasteiger partial charge in [0.2, 0.25) is 0 Å². The Bertz CT molecular complexity index is 1010. The van der Waals surface area contributed by atoms with Gasteiger partial charge in [-0.25, -0.2) is 13.2 Å². The summed E-state index contributed by atoms with van der Waals surface area (Å²) >= 11 is 0. The summed E-state index contributed by atoms with van der Waals surface area (Å²) in [4.78, 5) is 12.6. The Balaban J connectivity index is 2.07. The highest BCUT2D eigenvalue weighted by atomic mass is 19.2. The molecule has 1 amide bonds. The maximum atomic E-state index is 13.8. The highest BCUT2D eigenvalue weighted by Crippen LogP contribution is 2.35. The van der Waals surface area contributed by atoms with Crippen molar-refractivity contribution in [2.45, 2.75) is 0 Å². The zero-order valence-corrected chi connectivity index (χ0v) is 14.2. The molecule has 0 saturated carbocycles. The van der Waals surface area contributed by atoms with E-state index in [2.05, 4.69) is 5.32 Å². The topological polar surface area (TPSA) is 52.5 Å². The van der Waals surface area contributed by atoms with Crippen molar-refractivity contribution in [3.63, 3.8) is 0 Å². The third-order valence-corrected chi connectivity index (χ3v) is 4.07. The van der Waals surface area contributed by atoms with Gasteiger partial charge in [0.15, 0.2) is 17.5 Å². The van der Waals surface area contributed by atoms with Crippen molar-refractivity contribution < 1.29 is 27.4 Å². The molecule has 0 saturated heterocycles. The summed E-state index contributed by atoms with van der Waals surface area (Å²) in [5.74, 6) is -4.11. The number of fused-ring (bicyclic) bond motifs is 1. The fourth-order valence-electron chi connectivity index (χ4n) is 2.78. The maximum Gasteiger partial charge on any atom is 0.272 e. The number of amides is 1. The lowest BCUT2D eigenvalue weighted by Gasteiger charge is -2.10. The summed E-state index contributed by atoms with van der Waals surface area (Å²) in [5.41, 5.74) is 0.299. The van der Waals surface area contributed by atoms with E-state index in [0.717, 1.165) is 12.1 Å². The number of hydrogen-bond donors (Lipinski definition) is 1. The first kappa shape index (κ1) is 17.7. The minimum absolute atomic E-state index is 0.159. The van der Waals surface area contributed by atoms with Gasteiger partial charge in [-0.15, -0.1) is 0 Å². The molecule has 0 aliphatic heterocycles. The Kier molecular flexibility index (Phi) is 4.50. The Morgan fingerprint density at radius 2 is 1.65 bits per heavy atom. The number of hydrogen-bond acceptors (Lipinski definition) is 3. The zero-order valence-electron chi connectivity index (χ0n) is 14.2. The predicted molar refractivity (Wildman–Crippen MR) is 90.3 cm³/mol. The maximum absolute atomic E-state index is 13.8. The quantitative estimate of drug-likeness (QED) is 0.715. The smallest absolute Gasteiger partial charge is 0.272 e. The lowest BCUT2D eigenvalue weighted by atomic mass is 10.2. The molecule has 0 bridgehead atoms. The van der Waals surface area contributed by atoms with Crippen LogP contribution in [0, 0.1) is 17.5 Å². The van der Waals surface area contributed by atoms with Gasteiger partial charge in [0.05, 0.1) is 25.4 Å². The number of carbonyl (C=O) groups is 1. The number of aromatic nitrogens is 1. The van der Waals surface area contributed by atoms with E-state index in [0.29, 0.717) is 22.4 Å². The number of methoxy groups -OCH3 is 2. The van der Waals surface area contributed by atoms with Gasteiger partial charge in [-0.2, -0.15) is 0 Å². The molecule has 0 atom stereocenters. The summed E-state index contributed by atoms with van der Waals surface area (Å²) in [7, 11) is 4.61. The monoisotopic (exact) mass is 364 g/mol. The zero-order chi connectivity index (χ0) is 19.0. The molecule has 5 nitrogen and oxygen atoms in total. The van der Waals surface area contributed by atoms with Gasteiger partial charge in [0.1, 0.15) is 17.2 Å². The third-order valence-electron chi connectivity index (χ3n) is 4.07. The van der Waals surface area contributed by atoms with Crippen LogP contribution in [-0.4, -0.2) is 24.7 Å². The molecule has 0 aliphatic carbocycles. The first-order valence-corrected chi connectivity index (χ1v) is 7.54. The van der Waals surface area contributed by atoms with Crippen molar-refractivity contribution in [3.8, 4) is 11.5 Å². The van der Waals surface area contributed by atoms with Gasteiger partial charge in [0.25, 0.3) is 5.91 Å². The molecular formula is C18H15F3N2O3. The average molecular weight is 364 g/mol. The molecule has 0 aliphatic rings. The van der Waals surface area contributed by atoms with Gasteiger partial charge >= 0.3 is 0 Å². The molecule has 3 rings (SSSR count). The number of carbonyl (C=O) groups excluding carboxylic acids is 1. The van der Waals surface area contributed by atoms with Crippen LogP contribution in [0.3, 0.4) is 0 Å². The molecule has 0 radical (unpaired) electrons. The fraction of sp³-hybridized carbons (Fsp3) is 0.167. The molecule has 136 valence electrons. The van der Waals surface area contributed by atoms with E-state index in [4.69, 9.17) is 9.47 Å². The van der Waals surface area contributed by atoms with E-state index >= 15 is 0 Å². The predicted octanol–water partition coefficient (Wildman–Crippen LogP) is 3.87. The molecule has 26 heavy (non-hydrogen) atoms. The average Bonchev–Trinajstić information content (AvgIpc) is 2.99. The van der Waals surface area contributed by atoms with Gasteiger partial charge in [-0.05, 0) is 30.3 Å². The lowest BCUT2D eigenvalue weighted by molar-refractivity contribution is 0.101. The van der Waals surface area contributed by atoms with E-state index in [1.165, 1.54) is 14.2 Å². The van der Waals surface area contributed by atoms with Crippen LogP contribution in [0.25, 0.3) is 10.9 Å². The molecular weight excluding hydrogens is 349 g/mol. The highest BCUT2D eigenvalue weighted by molar-refractivity contribution is 6.08. The summed E-state index contributed by atoms with van der Waals surface area (Å²) in [6, 6.07) is 6.62. The SMILES string of the molecule is COc1ccc(OC)c2c1cc(C(=O)Nc1ccc(F)c(F)c1F)n2C. The Hall–Kier alpha value is -3.16. The number of rotatable bonds is 4. The van der Waals surface area contributed by atoms with Crippen LogP contribution in [0.2, 0.25) is 0 Å². The minimum atomic E-state index is -1.65. The highest BCUT2D eigenvalue weighted by Gasteiger charge is 2.21. The Morgan fingerprint density at radius 1 is 1.00 bits per heavy atom. The van der Waals surface area contributed by atoms with Crippen molar-refractivity contribution >= 4 is 22.5 Å². The van der Waals surface area contributed by atoms with Crippen molar-refractivity contribution in [2.75, 3.05) is 19.5 Å². The number of aryl methyl sites for hydroxylation is 1. The Labute approximate surface area is 146 Å². The third kappa shape index (κ3) is 2.73. The Morgan fingerprint density at radius 3 is 2.31 bits per heavy atom. The van der Waals surface area contributed by atoms with Crippen LogP contribution in [0.1, 0.15) is 10.5 Å². The van der Waals surface area contributed by atoms with Gasteiger partial charge in [-0.3, -0.25) is 4.79 Å². The number of anilines is 1. The summed E-state index contributed by atoms with van der Waals surface area (Å²) < 4.78 is 52.3. The van der Waals surface area contributed by atoms with Crippen LogP contribution in [0.4, 0.5) is 18.9 Å². The van der Waals surface area contributed by atoms with Crippen molar-refractivity contribution in [3.05, 3.63) is 53.5 Å². The fourth-order valence-corrected chi connectivity index (χ4v) is 2.78. The summed E-state index contributed by atoms with van der Waals surface area (Å²) in [6.45, 7) is 0. The lowest BCUT2D eigenvalue weighted by Crippen LogP contribution is -2.17. The molecule has 2 aromatic carbocycles. The molecule has 8 heteroatoms. The van der Waals surface area contributed by atoms with Crippen LogP contribution >= 0.6 is 0 Å². The van der Waals surface area contributed by atoms with E-state index in [-0.39, 0.29) is 5.69 Å². The van der Waals surface area contributed by atoms with Gasteiger partial charge in [0, 0.05) is 12.4 Å². The second-order valence-corrected chi connectivity index (χ2v) is 5.50. The molecule has 1 N–H and O–H groups in total. The number of benzene rings is 2. The minimum Gasteiger partial charge on any atom is -0.496 e. The number of halogens is 3. The van der Waals surface area contributed by atoms with E-state index in [1.54, 1.807) is 29.8 Å². The van der Waals surface area contributed by atoms with Crippen molar-refractivity contribution in [2.24, 2.45) is 7.05 Å². The standard InChI is InChI=1S/C18H15F3N2O3/c1-23-12(8-9-13(25-2)6-7-14(26-3)17(9)23)18(24)22-11-5-4-10(19)15(20)16(11)21/h4-8H,1-3H3,(H,22,24). The van der Waals surface area contributed by atoms with E-state index in [9.17, 15) is 18.0 Å². The first-order valence-electron chi connectivity index (χ1n) is 7.54. The first-order chi connectivity index (χ1) is 12.4. The number of nitrogens with one attached hydrogen (secondary N) is 1. The number of nitrogens with zero attached hydrogens (tertiary/aromatic N) is 1. The van der Waals surface area contributed by atoms with Crippen LogP contribution < -0.4 is 14.8 Å². The number of ether oxygens (including phenoxy) is 2. The molecule has 1 heterocycles. The van der Waals surface area contributed by atoms with E-state index in [1.807, 2.05) is 0 Å². The van der Waals surface area contributed by atoms with Crippen molar-refractivity contribution in [1.82, 2.24) is 4.57 Å². The second kappa shape index (κ2) is 6.62. The van der Waals surface area contributed by atoms with Gasteiger partial charge in [-0.1, -0.05) is 0 Å². The summed E-state index contributed by atoms with van der Waals surface area (Å²) in [5, 5.41) is 2.86. The van der Waals surface area contributed by atoms with E-state index < -0.39 is 29.0 Å². The van der Waals surface area contributed by atoms with Gasteiger partial charge < -0.3 is 19.4 Å². The normalized spacial score (nSPS) is 10.8. The summed E-state index contributed by atoms with van der Waals surface area (Å²) in [6.07, 6.45) is 0. The molecule has 1 aromatic heterocycles. The van der Waals surface area contributed by atoms with Crippen molar-refractivity contribution in [1.29, 1.82) is 0 Å². The molecule has 0 spiro atoms. The molecule has 0 fully saturated rings. The molecule has 0 unspecified atom stereocenters. The molecule has 3 aromatic rings. The van der Waals surface area contributed by atoms with Crippen LogP contribution in [0.15, 0.2) is 30.3 Å². The van der Waals surface area contributed by atoms with Crippen LogP contribution in [-0.2, 0) is 7.05 Å².